The van der Waals surface area contributed by atoms with Crippen LogP contribution >= 0.6 is 0 Å². The van der Waals surface area contributed by atoms with Crippen molar-refractivity contribution in [2.24, 2.45) is 0 Å². The minimum Gasteiger partial charge on any atom is -0.322 e. The maximum Gasteiger partial charge on any atom is 0.193 e. The lowest BCUT2D eigenvalue weighted by Gasteiger charge is -2.02. The zero-order valence-electron chi connectivity index (χ0n) is 13.4. The maximum atomic E-state index is 12.7. The topological polar surface area (TPSA) is 45.3 Å². The molecule has 0 atom stereocenters. The molecule has 2 heterocycles. The summed E-state index contributed by atoms with van der Waals surface area (Å²) in [6.45, 7) is 0. The van der Waals surface area contributed by atoms with Gasteiger partial charge in [0.05, 0.1) is 11.1 Å². The molecular weight excluding hydrogens is 308 g/mol. The van der Waals surface area contributed by atoms with Gasteiger partial charge in [-0.2, -0.15) is 5.26 Å². The largest absolute Gasteiger partial charge is 0.322 e. The zero-order chi connectivity index (χ0) is 17.2. The number of carbonyl (C=O) groups is 1. The van der Waals surface area contributed by atoms with E-state index in [2.05, 4.69) is 6.07 Å². The van der Waals surface area contributed by atoms with Crippen molar-refractivity contribution in [1.82, 2.24) is 4.40 Å². The summed E-state index contributed by atoms with van der Waals surface area (Å²) in [6, 6.07) is 24.8. The molecule has 3 heteroatoms. The first kappa shape index (κ1) is 14.9. The Morgan fingerprint density at radius 1 is 0.880 bits per heavy atom. The molecule has 25 heavy (non-hydrogen) atoms. The van der Waals surface area contributed by atoms with Crippen molar-refractivity contribution in [2.75, 3.05) is 0 Å². The van der Waals surface area contributed by atoms with E-state index < -0.39 is 0 Å². The first-order chi connectivity index (χ1) is 12.3. The van der Waals surface area contributed by atoms with Gasteiger partial charge in [-0.25, -0.2) is 0 Å². The Morgan fingerprint density at radius 2 is 1.56 bits per heavy atom. The van der Waals surface area contributed by atoms with E-state index in [1.807, 2.05) is 65.3 Å². The van der Waals surface area contributed by atoms with Crippen LogP contribution in [-0.2, 0) is 0 Å². The number of rotatable bonds is 3. The Morgan fingerprint density at radius 3 is 2.24 bits per heavy atom. The Hall–Kier alpha value is -3.64. The Kier molecular flexibility index (Phi) is 3.64. The second kappa shape index (κ2) is 6.10. The minimum absolute atomic E-state index is 0.0468. The lowest BCUT2D eigenvalue weighted by Crippen LogP contribution is -2.01. The summed E-state index contributed by atoms with van der Waals surface area (Å²) in [4.78, 5) is 12.7. The van der Waals surface area contributed by atoms with Crippen molar-refractivity contribution in [3.8, 4) is 17.2 Å². The van der Waals surface area contributed by atoms with Crippen LogP contribution in [0.15, 0.2) is 85.2 Å². The lowest BCUT2D eigenvalue weighted by atomic mass is 10.0. The van der Waals surface area contributed by atoms with Crippen LogP contribution in [0.3, 0.4) is 0 Å². The van der Waals surface area contributed by atoms with Gasteiger partial charge in [-0.05, 0) is 17.7 Å². The molecule has 3 nitrogen and oxygen atoms in total. The molecule has 0 unspecified atom stereocenters. The van der Waals surface area contributed by atoms with Gasteiger partial charge in [-0.1, -0.05) is 60.7 Å². The average molecular weight is 322 g/mol. The van der Waals surface area contributed by atoms with Gasteiger partial charge in [0, 0.05) is 29.1 Å². The van der Waals surface area contributed by atoms with Crippen LogP contribution in [0.25, 0.3) is 16.6 Å². The Bertz CT molecular complexity index is 1100. The molecular formula is C22H14N2O. The summed E-state index contributed by atoms with van der Waals surface area (Å²) in [6.07, 6.45) is 3.76. The van der Waals surface area contributed by atoms with Crippen LogP contribution in [-0.4, -0.2) is 10.2 Å². The summed E-state index contributed by atoms with van der Waals surface area (Å²) in [5.74, 6) is -0.0468. The molecule has 0 aliphatic carbocycles. The molecule has 0 spiro atoms. The third-order valence-corrected chi connectivity index (χ3v) is 4.27. The monoisotopic (exact) mass is 322 g/mol. The predicted octanol–water partition coefficient (Wildman–Crippen LogP) is 4.71. The highest BCUT2D eigenvalue weighted by Crippen LogP contribution is 2.29. The number of fused-ring (bicyclic) bond motifs is 1. The molecule has 0 radical (unpaired) electrons. The van der Waals surface area contributed by atoms with Crippen molar-refractivity contribution in [3.05, 3.63) is 102 Å². The fourth-order valence-corrected chi connectivity index (χ4v) is 3.02. The molecule has 4 rings (SSSR count). The number of ketones is 1. The molecule has 0 bridgehead atoms. The average Bonchev–Trinajstić information content (AvgIpc) is 3.06. The fourth-order valence-electron chi connectivity index (χ4n) is 3.02. The van der Waals surface area contributed by atoms with E-state index in [4.69, 9.17) is 0 Å². The maximum absolute atomic E-state index is 12.7. The van der Waals surface area contributed by atoms with Gasteiger partial charge < -0.3 is 4.40 Å². The van der Waals surface area contributed by atoms with Crippen LogP contribution in [0.2, 0.25) is 0 Å². The van der Waals surface area contributed by atoms with Crippen molar-refractivity contribution >= 4 is 11.3 Å². The molecule has 0 N–H and O–H groups in total. The summed E-state index contributed by atoms with van der Waals surface area (Å²) >= 11 is 0. The van der Waals surface area contributed by atoms with E-state index in [9.17, 15) is 10.1 Å². The molecule has 4 aromatic rings. The zero-order valence-corrected chi connectivity index (χ0v) is 13.4. The van der Waals surface area contributed by atoms with E-state index in [1.165, 1.54) is 0 Å². The van der Waals surface area contributed by atoms with Crippen LogP contribution in [0.5, 0.6) is 0 Å². The normalized spacial score (nSPS) is 10.5. The Labute approximate surface area is 145 Å². The van der Waals surface area contributed by atoms with Crippen LogP contribution in [0.1, 0.15) is 21.5 Å². The molecule has 2 aromatic heterocycles. The second-order valence-electron chi connectivity index (χ2n) is 5.80. The highest BCUT2D eigenvalue weighted by molar-refractivity contribution is 6.09. The van der Waals surface area contributed by atoms with Crippen molar-refractivity contribution in [3.63, 3.8) is 0 Å². The van der Waals surface area contributed by atoms with Gasteiger partial charge in [-0.3, -0.25) is 4.79 Å². The lowest BCUT2D eigenvalue weighted by molar-refractivity contribution is 0.103. The van der Waals surface area contributed by atoms with Gasteiger partial charge in [0.1, 0.15) is 6.07 Å². The first-order valence-electron chi connectivity index (χ1n) is 7.98. The third-order valence-electron chi connectivity index (χ3n) is 4.27. The van der Waals surface area contributed by atoms with Gasteiger partial charge in [-0.15, -0.1) is 0 Å². The molecule has 0 aliphatic rings. The molecule has 0 saturated carbocycles. The number of aromatic nitrogens is 1. The van der Waals surface area contributed by atoms with E-state index in [0.717, 1.165) is 16.6 Å². The summed E-state index contributed by atoms with van der Waals surface area (Å²) in [5, 5.41) is 9.66. The highest BCUT2D eigenvalue weighted by atomic mass is 16.1. The first-order valence-corrected chi connectivity index (χ1v) is 7.98. The summed E-state index contributed by atoms with van der Waals surface area (Å²) in [7, 11) is 0. The van der Waals surface area contributed by atoms with Crippen LogP contribution in [0.4, 0.5) is 0 Å². The standard InChI is InChI=1S/C22H14N2O/c23-14-19-20(16-7-3-1-4-8-16)15-24-12-11-18(13-21(19)24)22(25)17-9-5-2-6-10-17/h1-13,15H. The van der Waals surface area contributed by atoms with Crippen molar-refractivity contribution in [1.29, 1.82) is 5.26 Å². The number of nitriles is 1. The molecule has 0 aliphatic heterocycles. The van der Waals surface area contributed by atoms with Crippen LogP contribution < -0.4 is 0 Å². The van der Waals surface area contributed by atoms with E-state index in [-0.39, 0.29) is 5.78 Å². The number of hydrogen-bond donors (Lipinski definition) is 0. The highest BCUT2D eigenvalue weighted by Gasteiger charge is 2.15. The van der Waals surface area contributed by atoms with E-state index in [1.54, 1.807) is 24.3 Å². The molecule has 0 saturated heterocycles. The third kappa shape index (κ3) is 2.60. The van der Waals surface area contributed by atoms with Gasteiger partial charge in [0.2, 0.25) is 0 Å². The molecule has 2 aromatic carbocycles. The fraction of sp³-hybridized carbons (Fsp3) is 0. The smallest absolute Gasteiger partial charge is 0.193 e. The number of carbonyl (C=O) groups excluding carboxylic acids is 1. The SMILES string of the molecule is N#Cc1c(-c2ccccc2)cn2ccc(C(=O)c3ccccc3)cc12. The van der Waals surface area contributed by atoms with Crippen molar-refractivity contribution < 1.29 is 4.79 Å². The Balaban J connectivity index is 1.87. The van der Waals surface area contributed by atoms with Gasteiger partial charge in [0.25, 0.3) is 0 Å². The minimum atomic E-state index is -0.0468. The summed E-state index contributed by atoms with van der Waals surface area (Å²) < 4.78 is 1.89. The number of benzene rings is 2. The van der Waals surface area contributed by atoms with Crippen LogP contribution in [0, 0.1) is 11.3 Å². The predicted molar refractivity (Wildman–Crippen MR) is 97.4 cm³/mol. The number of pyridine rings is 1. The molecule has 0 fully saturated rings. The summed E-state index contributed by atoms with van der Waals surface area (Å²) in [5.41, 5.74) is 4.39. The number of nitrogens with zero attached hydrogens (tertiary/aromatic N) is 2. The second-order valence-corrected chi connectivity index (χ2v) is 5.80. The van der Waals surface area contributed by atoms with Crippen molar-refractivity contribution in [2.45, 2.75) is 0 Å². The van der Waals surface area contributed by atoms with E-state index >= 15 is 0 Å². The van der Waals surface area contributed by atoms with Gasteiger partial charge in [0.15, 0.2) is 5.78 Å². The van der Waals surface area contributed by atoms with E-state index in [0.29, 0.717) is 16.7 Å². The number of hydrogen-bond acceptors (Lipinski definition) is 2. The molecule has 118 valence electrons. The van der Waals surface area contributed by atoms with Gasteiger partial charge >= 0.3 is 0 Å². The quantitative estimate of drug-likeness (QED) is 0.513. The molecule has 0 amide bonds.